The lowest BCUT2D eigenvalue weighted by molar-refractivity contribution is 0.0858. The highest BCUT2D eigenvalue weighted by Gasteiger charge is 2.19. The van der Waals surface area contributed by atoms with Gasteiger partial charge >= 0.3 is 0 Å². The number of nitrogens with one attached hydrogen (secondary N) is 2. The first-order valence-corrected chi connectivity index (χ1v) is 9.34. The van der Waals surface area contributed by atoms with E-state index in [9.17, 15) is 9.59 Å². The second kappa shape index (κ2) is 8.61. The molecular weight excluding hydrogens is 372 g/mol. The van der Waals surface area contributed by atoms with Gasteiger partial charge in [-0.1, -0.05) is 18.2 Å². The summed E-state index contributed by atoms with van der Waals surface area (Å²) >= 11 is 0. The Morgan fingerprint density at radius 3 is 2.83 bits per heavy atom. The highest BCUT2D eigenvalue weighted by molar-refractivity contribution is 6.09. The second-order valence-corrected chi connectivity index (χ2v) is 6.65. The number of nitrogens with zero attached hydrogens (tertiary/aromatic N) is 4. The molecule has 148 valence electrons. The zero-order valence-corrected chi connectivity index (χ0v) is 15.6. The standard InChI is InChI=1S/C20H20N6O3/c27-19(14-5-3-6-15(11-14)26-13-22-24-25-26)23-18-9-2-1-8-17(18)20(28)21-12-16-7-4-10-29-16/h1-3,5-6,8-9,11,13,16H,4,7,10,12H2,(H,21,28)(H,23,27)/t16-/m0/s1. The molecule has 2 heterocycles. The predicted molar refractivity (Wildman–Crippen MR) is 105 cm³/mol. The second-order valence-electron chi connectivity index (χ2n) is 6.65. The van der Waals surface area contributed by atoms with Gasteiger partial charge in [0.2, 0.25) is 0 Å². The molecule has 1 aliphatic rings. The molecule has 2 aromatic carbocycles. The first-order valence-electron chi connectivity index (χ1n) is 9.34. The average molecular weight is 392 g/mol. The number of tetrazole rings is 1. The first kappa shape index (κ1) is 18.8. The summed E-state index contributed by atoms with van der Waals surface area (Å²) in [4.78, 5) is 25.4. The van der Waals surface area contributed by atoms with E-state index < -0.39 is 0 Å². The van der Waals surface area contributed by atoms with Crippen molar-refractivity contribution in [3.8, 4) is 5.69 Å². The number of benzene rings is 2. The molecule has 9 heteroatoms. The number of carbonyl (C=O) groups is 2. The van der Waals surface area contributed by atoms with Gasteiger partial charge in [0.15, 0.2) is 0 Å². The van der Waals surface area contributed by atoms with Crippen LogP contribution in [-0.2, 0) is 4.74 Å². The fourth-order valence-corrected chi connectivity index (χ4v) is 3.16. The molecular formula is C20H20N6O3. The van der Waals surface area contributed by atoms with Gasteiger partial charge in [-0.05, 0) is 53.6 Å². The number of carbonyl (C=O) groups excluding carboxylic acids is 2. The minimum absolute atomic E-state index is 0.0507. The van der Waals surface area contributed by atoms with Crippen molar-refractivity contribution >= 4 is 17.5 Å². The Morgan fingerprint density at radius 2 is 2.03 bits per heavy atom. The number of para-hydroxylation sites is 1. The van der Waals surface area contributed by atoms with E-state index in [-0.39, 0.29) is 17.9 Å². The fraction of sp³-hybridized carbons (Fsp3) is 0.250. The van der Waals surface area contributed by atoms with Gasteiger partial charge in [-0.15, -0.1) is 5.10 Å². The summed E-state index contributed by atoms with van der Waals surface area (Å²) in [6.45, 7) is 1.19. The van der Waals surface area contributed by atoms with Crippen molar-refractivity contribution in [3.63, 3.8) is 0 Å². The number of amides is 2. The molecule has 0 bridgehead atoms. The lowest BCUT2D eigenvalue weighted by Crippen LogP contribution is -2.32. The highest BCUT2D eigenvalue weighted by Crippen LogP contribution is 2.18. The molecule has 0 aliphatic carbocycles. The molecule has 2 amide bonds. The molecule has 1 saturated heterocycles. The molecule has 3 aromatic rings. The van der Waals surface area contributed by atoms with Crippen molar-refractivity contribution < 1.29 is 14.3 Å². The molecule has 0 saturated carbocycles. The summed E-state index contributed by atoms with van der Waals surface area (Å²) < 4.78 is 6.99. The molecule has 9 nitrogen and oxygen atoms in total. The van der Waals surface area contributed by atoms with Gasteiger partial charge in [-0.2, -0.15) is 0 Å². The number of hydrogen-bond acceptors (Lipinski definition) is 6. The maximum Gasteiger partial charge on any atom is 0.255 e. The van der Waals surface area contributed by atoms with Crippen LogP contribution in [0.3, 0.4) is 0 Å². The van der Waals surface area contributed by atoms with Crippen LogP contribution in [0.4, 0.5) is 5.69 Å². The Morgan fingerprint density at radius 1 is 1.14 bits per heavy atom. The third kappa shape index (κ3) is 4.46. The Labute approximate surface area is 167 Å². The Kier molecular flexibility index (Phi) is 5.57. The molecule has 1 aromatic heterocycles. The molecule has 2 N–H and O–H groups in total. The summed E-state index contributed by atoms with van der Waals surface area (Å²) in [5, 5.41) is 16.7. The van der Waals surface area contributed by atoms with Gasteiger partial charge in [-0.25, -0.2) is 4.68 Å². The highest BCUT2D eigenvalue weighted by atomic mass is 16.5. The van der Waals surface area contributed by atoms with E-state index in [0.29, 0.717) is 29.0 Å². The molecule has 0 spiro atoms. The molecule has 1 fully saturated rings. The van der Waals surface area contributed by atoms with Crippen molar-refractivity contribution in [2.24, 2.45) is 0 Å². The van der Waals surface area contributed by atoms with E-state index in [0.717, 1.165) is 19.4 Å². The normalized spacial score (nSPS) is 15.8. The van der Waals surface area contributed by atoms with Crippen molar-refractivity contribution in [3.05, 3.63) is 66.0 Å². The Bertz CT molecular complexity index is 999. The number of anilines is 1. The van der Waals surface area contributed by atoms with Crippen LogP contribution in [0.2, 0.25) is 0 Å². The predicted octanol–water partition coefficient (Wildman–Crippen LogP) is 1.82. The number of rotatable bonds is 6. The summed E-state index contributed by atoms with van der Waals surface area (Å²) in [6, 6.07) is 13.8. The minimum atomic E-state index is -0.334. The van der Waals surface area contributed by atoms with E-state index in [4.69, 9.17) is 4.74 Å². The van der Waals surface area contributed by atoms with E-state index in [1.807, 2.05) is 0 Å². The van der Waals surface area contributed by atoms with Gasteiger partial charge in [0.1, 0.15) is 6.33 Å². The van der Waals surface area contributed by atoms with Crippen LogP contribution in [-0.4, -0.2) is 51.3 Å². The van der Waals surface area contributed by atoms with E-state index in [2.05, 4.69) is 26.2 Å². The van der Waals surface area contributed by atoms with Crippen LogP contribution in [0.5, 0.6) is 0 Å². The smallest absolute Gasteiger partial charge is 0.255 e. The molecule has 0 radical (unpaired) electrons. The zero-order valence-electron chi connectivity index (χ0n) is 15.6. The summed E-state index contributed by atoms with van der Waals surface area (Å²) in [7, 11) is 0. The maximum atomic E-state index is 12.8. The van der Waals surface area contributed by atoms with E-state index >= 15 is 0 Å². The third-order valence-electron chi connectivity index (χ3n) is 4.66. The van der Waals surface area contributed by atoms with Crippen LogP contribution in [0, 0.1) is 0 Å². The largest absolute Gasteiger partial charge is 0.376 e. The van der Waals surface area contributed by atoms with Gasteiger partial charge in [0.25, 0.3) is 11.8 Å². The lowest BCUT2D eigenvalue weighted by Gasteiger charge is -2.14. The minimum Gasteiger partial charge on any atom is -0.376 e. The summed E-state index contributed by atoms with van der Waals surface area (Å²) in [5.41, 5.74) is 1.92. The Balaban J connectivity index is 1.47. The molecule has 29 heavy (non-hydrogen) atoms. The third-order valence-corrected chi connectivity index (χ3v) is 4.66. The quantitative estimate of drug-likeness (QED) is 0.662. The van der Waals surface area contributed by atoms with Crippen molar-refractivity contribution in [1.29, 1.82) is 0 Å². The monoisotopic (exact) mass is 392 g/mol. The lowest BCUT2D eigenvalue weighted by atomic mass is 10.1. The number of ether oxygens (including phenoxy) is 1. The summed E-state index contributed by atoms with van der Waals surface area (Å²) in [6.07, 6.45) is 3.45. The van der Waals surface area contributed by atoms with Crippen LogP contribution >= 0.6 is 0 Å². The van der Waals surface area contributed by atoms with Gasteiger partial charge in [0, 0.05) is 18.7 Å². The zero-order chi connectivity index (χ0) is 20.1. The Hall–Kier alpha value is -3.59. The van der Waals surface area contributed by atoms with E-state index in [1.54, 1.807) is 48.5 Å². The molecule has 1 atom stereocenters. The number of hydrogen-bond donors (Lipinski definition) is 2. The van der Waals surface area contributed by atoms with E-state index in [1.165, 1.54) is 11.0 Å². The SMILES string of the molecule is O=C(Nc1ccccc1C(=O)NC[C@@H]1CCCO1)c1cccc(-n2cnnn2)c1. The summed E-state index contributed by atoms with van der Waals surface area (Å²) in [5.74, 6) is -0.585. The van der Waals surface area contributed by atoms with Crippen LogP contribution in [0.1, 0.15) is 33.6 Å². The van der Waals surface area contributed by atoms with Gasteiger partial charge in [0.05, 0.1) is 23.0 Å². The first-order chi connectivity index (χ1) is 14.2. The molecule has 4 rings (SSSR count). The van der Waals surface area contributed by atoms with Crippen molar-refractivity contribution in [2.75, 3.05) is 18.5 Å². The number of aromatic nitrogens is 4. The topological polar surface area (TPSA) is 111 Å². The molecule has 0 unspecified atom stereocenters. The molecule has 1 aliphatic heterocycles. The fourth-order valence-electron chi connectivity index (χ4n) is 3.16. The van der Waals surface area contributed by atoms with Gasteiger partial charge in [-0.3, -0.25) is 9.59 Å². The van der Waals surface area contributed by atoms with Gasteiger partial charge < -0.3 is 15.4 Å². The van der Waals surface area contributed by atoms with Crippen molar-refractivity contribution in [1.82, 2.24) is 25.5 Å². The van der Waals surface area contributed by atoms with Crippen LogP contribution in [0.25, 0.3) is 5.69 Å². The average Bonchev–Trinajstić information content (AvgIpc) is 3.47. The van der Waals surface area contributed by atoms with Crippen molar-refractivity contribution in [2.45, 2.75) is 18.9 Å². The maximum absolute atomic E-state index is 12.8. The van der Waals surface area contributed by atoms with Crippen LogP contribution in [0.15, 0.2) is 54.9 Å². The van der Waals surface area contributed by atoms with Crippen LogP contribution < -0.4 is 10.6 Å².